The first kappa shape index (κ1) is 16.2. The lowest BCUT2D eigenvalue weighted by Crippen LogP contribution is -2.35. The second-order valence-electron chi connectivity index (χ2n) is 7.60. The van der Waals surface area contributed by atoms with Crippen molar-refractivity contribution in [2.45, 2.75) is 66.3 Å². The first-order chi connectivity index (χ1) is 9.89. The third kappa shape index (κ3) is 4.66. The van der Waals surface area contributed by atoms with E-state index in [-0.39, 0.29) is 0 Å². The SMILES string of the molecule is CCCOc1cc(C)ccc1NC1CC(C)CC(C)(C)C1. The Morgan fingerprint density at radius 2 is 2.05 bits per heavy atom. The van der Waals surface area contributed by atoms with Gasteiger partial charge >= 0.3 is 0 Å². The molecule has 0 aliphatic heterocycles. The zero-order valence-electron chi connectivity index (χ0n) is 14.3. The Morgan fingerprint density at radius 3 is 2.71 bits per heavy atom. The van der Waals surface area contributed by atoms with Crippen LogP contribution in [0.4, 0.5) is 5.69 Å². The van der Waals surface area contributed by atoms with Crippen LogP contribution in [-0.2, 0) is 0 Å². The van der Waals surface area contributed by atoms with Crippen LogP contribution in [0.3, 0.4) is 0 Å². The number of hydrogen-bond donors (Lipinski definition) is 1. The Labute approximate surface area is 130 Å². The summed E-state index contributed by atoms with van der Waals surface area (Å²) < 4.78 is 5.92. The van der Waals surface area contributed by atoms with Gasteiger partial charge in [-0.05, 0) is 61.6 Å². The van der Waals surface area contributed by atoms with Gasteiger partial charge in [-0.15, -0.1) is 0 Å². The first-order valence-electron chi connectivity index (χ1n) is 8.39. The largest absolute Gasteiger partial charge is 0.491 e. The van der Waals surface area contributed by atoms with Gasteiger partial charge in [0.2, 0.25) is 0 Å². The zero-order valence-corrected chi connectivity index (χ0v) is 14.3. The van der Waals surface area contributed by atoms with E-state index >= 15 is 0 Å². The molecule has 2 heteroatoms. The van der Waals surface area contributed by atoms with Gasteiger partial charge in [-0.25, -0.2) is 0 Å². The highest BCUT2D eigenvalue weighted by Crippen LogP contribution is 2.40. The van der Waals surface area contributed by atoms with Crippen LogP contribution in [0.15, 0.2) is 18.2 Å². The molecule has 0 amide bonds. The molecule has 1 fully saturated rings. The van der Waals surface area contributed by atoms with Crippen LogP contribution >= 0.6 is 0 Å². The molecule has 2 atom stereocenters. The highest BCUT2D eigenvalue weighted by atomic mass is 16.5. The number of benzene rings is 1. The van der Waals surface area contributed by atoms with Gasteiger partial charge in [0.15, 0.2) is 0 Å². The van der Waals surface area contributed by atoms with E-state index in [4.69, 9.17) is 4.74 Å². The Bertz CT molecular complexity index is 467. The van der Waals surface area contributed by atoms with Crippen molar-refractivity contribution in [3.63, 3.8) is 0 Å². The fraction of sp³-hybridized carbons (Fsp3) is 0.684. The molecule has 0 saturated heterocycles. The van der Waals surface area contributed by atoms with Crippen LogP contribution in [0, 0.1) is 18.3 Å². The third-order valence-electron chi connectivity index (χ3n) is 4.35. The summed E-state index contributed by atoms with van der Waals surface area (Å²) in [4.78, 5) is 0. The van der Waals surface area contributed by atoms with Crippen molar-refractivity contribution >= 4 is 5.69 Å². The maximum absolute atomic E-state index is 5.92. The molecule has 2 unspecified atom stereocenters. The molecule has 1 aliphatic carbocycles. The third-order valence-corrected chi connectivity index (χ3v) is 4.35. The van der Waals surface area contributed by atoms with E-state index in [1.165, 1.54) is 24.8 Å². The molecule has 0 radical (unpaired) electrons. The molecule has 2 rings (SSSR count). The molecule has 1 saturated carbocycles. The van der Waals surface area contributed by atoms with Crippen molar-refractivity contribution in [2.24, 2.45) is 11.3 Å². The second kappa shape index (κ2) is 6.72. The molecule has 0 aromatic heterocycles. The summed E-state index contributed by atoms with van der Waals surface area (Å²) in [7, 11) is 0. The molecular formula is C19H31NO. The topological polar surface area (TPSA) is 21.3 Å². The van der Waals surface area contributed by atoms with Crippen molar-refractivity contribution in [1.29, 1.82) is 0 Å². The standard InChI is InChI=1S/C19H31NO/c1-6-9-21-18-11-14(2)7-8-17(18)20-16-10-15(3)12-19(4,5)13-16/h7-8,11,15-16,20H,6,9-10,12-13H2,1-5H3. The van der Waals surface area contributed by atoms with E-state index in [2.05, 4.69) is 58.1 Å². The van der Waals surface area contributed by atoms with Gasteiger partial charge in [0.05, 0.1) is 12.3 Å². The number of rotatable bonds is 5. The molecule has 0 bridgehead atoms. The van der Waals surface area contributed by atoms with Crippen LogP contribution in [0.2, 0.25) is 0 Å². The van der Waals surface area contributed by atoms with Crippen molar-refractivity contribution in [1.82, 2.24) is 0 Å². The summed E-state index contributed by atoms with van der Waals surface area (Å²) in [5, 5.41) is 3.75. The first-order valence-corrected chi connectivity index (χ1v) is 8.39. The van der Waals surface area contributed by atoms with Gasteiger partial charge in [-0.3, -0.25) is 0 Å². The van der Waals surface area contributed by atoms with Crippen LogP contribution < -0.4 is 10.1 Å². The molecule has 1 aromatic carbocycles. The number of hydrogen-bond acceptors (Lipinski definition) is 2. The Kier molecular flexibility index (Phi) is 5.18. The quantitative estimate of drug-likeness (QED) is 0.782. The van der Waals surface area contributed by atoms with Crippen molar-refractivity contribution in [2.75, 3.05) is 11.9 Å². The number of aryl methyl sites for hydroxylation is 1. The van der Waals surface area contributed by atoms with Crippen molar-refractivity contribution < 1.29 is 4.74 Å². The molecule has 0 spiro atoms. The van der Waals surface area contributed by atoms with Crippen LogP contribution in [-0.4, -0.2) is 12.6 Å². The zero-order chi connectivity index (χ0) is 15.5. The fourth-order valence-electron chi connectivity index (χ4n) is 3.76. The molecule has 21 heavy (non-hydrogen) atoms. The Hall–Kier alpha value is -1.18. The molecular weight excluding hydrogens is 258 g/mol. The van der Waals surface area contributed by atoms with Crippen LogP contribution in [0.25, 0.3) is 0 Å². The maximum Gasteiger partial charge on any atom is 0.142 e. The highest BCUT2D eigenvalue weighted by molar-refractivity contribution is 5.58. The summed E-state index contributed by atoms with van der Waals surface area (Å²) in [6.07, 6.45) is 4.86. The van der Waals surface area contributed by atoms with E-state index in [9.17, 15) is 0 Å². The normalized spacial score (nSPS) is 24.6. The van der Waals surface area contributed by atoms with Crippen molar-refractivity contribution in [3.05, 3.63) is 23.8 Å². The van der Waals surface area contributed by atoms with E-state index in [1.54, 1.807) is 0 Å². The Morgan fingerprint density at radius 1 is 1.29 bits per heavy atom. The average molecular weight is 289 g/mol. The smallest absolute Gasteiger partial charge is 0.142 e. The lowest BCUT2D eigenvalue weighted by Gasteiger charge is -2.39. The lowest BCUT2D eigenvalue weighted by molar-refractivity contribution is 0.177. The maximum atomic E-state index is 5.92. The molecule has 1 N–H and O–H groups in total. The van der Waals surface area contributed by atoms with Gasteiger partial charge < -0.3 is 10.1 Å². The number of ether oxygens (including phenoxy) is 1. The Balaban J connectivity index is 2.11. The number of nitrogens with one attached hydrogen (secondary N) is 1. The molecule has 118 valence electrons. The van der Waals surface area contributed by atoms with Gasteiger partial charge in [-0.1, -0.05) is 33.8 Å². The molecule has 0 heterocycles. The van der Waals surface area contributed by atoms with Crippen LogP contribution in [0.5, 0.6) is 5.75 Å². The van der Waals surface area contributed by atoms with Crippen LogP contribution in [0.1, 0.15) is 58.9 Å². The van der Waals surface area contributed by atoms with Gasteiger partial charge in [0, 0.05) is 6.04 Å². The summed E-state index contributed by atoms with van der Waals surface area (Å²) >= 11 is 0. The molecule has 1 aliphatic rings. The fourth-order valence-corrected chi connectivity index (χ4v) is 3.76. The van der Waals surface area contributed by atoms with Gasteiger partial charge in [0.25, 0.3) is 0 Å². The van der Waals surface area contributed by atoms with E-state index in [0.29, 0.717) is 11.5 Å². The summed E-state index contributed by atoms with van der Waals surface area (Å²) in [5.74, 6) is 1.80. The molecule has 1 aromatic rings. The predicted molar refractivity (Wildman–Crippen MR) is 91.2 cm³/mol. The predicted octanol–water partition coefficient (Wildman–Crippen LogP) is 5.41. The van der Waals surface area contributed by atoms with Crippen molar-refractivity contribution in [3.8, 4) is 5.75 Å². The van der Waals surface area contributed by atoms with E-state index in [0.717, 1.165) is 30.4 Å². The minimum absolute atomic E-state index is 0.435. The summed E-state index contributed by atoms with van der Waals surface area (Å²) in [6, 6.07) is 7.04. The van der Waals surface area contributed by atoms with Gasteiger partial charge in [0.1, 0.15) is 5.75 Å². The van der Waals surface area contributed by atoms with Gasteiger partial charge in [-0.2, -0.15) is 0 Å². The lowest BCUT2D eigenvalue weighted by atomic mass is 9.70. The van der Waals surface area contributed by atoms with E-state index < -0.39 is 0 Å². The highest BCUT2D eigenvalue weighted by Gasteiger charge is 2.32. The monoisotopic (exact) mass is 289 g/mol. The second-order valence-corrected chi connectivity index (χ2v) is 7.60. The summed E-state index contributed by atoms with van der Waals surface area (Å²) in [5.41, 5.74) is 2.85. The minimum Gasteiger partial charge on any atom is -0.491 e. The minimum atomic E-state index is 0.435. The molecule has 2 nitrogen and oxygen atoms in total. The summed E-state index contributed by atoms with van der Waals surface area (Å²) in [6.45, 7) is 12.2. The van der Waals surface area contributed by atoms with E-state index in [1.807, 2.05) is 0 Å². The average Bonchev–Trinajstić information content (AvgIpc) is 2.36. The number of anilines is 1.